The van der Waals surface area contributed by atoms with E-state index in [1.54, 1.807) is 0 Å². The Bertz CT molecular complexity index is 163. The van der Waals surface area contributed by atoms with Gasteiger partial charge in [-0.05, 0) is 31.1 Å². The number of aliphatic hydroxyl groups excluding tert-OH is 1. The van der Waals surface area contributed by atoms with E-state index in [1.807, 2.05) is 0 Å². The molecule has 0 bridgehead atoms. The van der Waals surface area contributed by atoms with Gasteiger partial charge < -0.3 is 9.84 Å². The Hall–Kier alpha value is -0.0800. The molecular formula is C10H18O2. The van der Waals surface area contributed by atoms with E-state index in [0.29, 0.717) is 17.4 Å². The van der Waals surface area contributed by atoms with Gasteiger partial charge in [-0.3, -0.25) is 0 Å². The average Bonchev–Trinajstić information content (AvgIpc) is 2.78. The predicted octanol–water partition coefficient (Wildman–Crippen LogP) is 1.58. The molecule has 1 saturated carbocycles. The minimum atomic E-state index is 0.305. The molecule has 0 aromatic rings. The van der Waals surface area contributed by atoms with E-state index in [4.69, 9.17) is 4.74 Å². The van der Waals surface area contributed by atoms with Crippen LogP contribution in [0.5, 0.6) is 0 Å². The first-order chi connectivity index (χ1) is 5.74. The number of hydrogen-bond donors (Lipinski definition) is 1. The van der Waals surface area contributed by atoms with Crippen LogP contribution in [0.2, 0.25) is 0 Å². The summed E-state index contributed by atoms with van der Waals surface area (Å²) < 4.78 is 5.27. The van der Waals surface area contributed by atoms with Crippen LogP contribution in [0.1, 0.15) is 32.6 Å². The fraction of sp³-hybridized carbons (Fsp3) is 1.00. The Labute approximate surface area is 73.9 Å². The molecule has 2 heteroatoms. The normalized spacial score (nSPS) is 29.5. The molecule has 12 heavy (non-hydrogen) atoms. The van der Waals surface area contributed by atoms with Gasteiger partial charge in [-0.1, -0.05) is 6.92 Å². The van der Waals surface area contributed by atoms with Gasteiger partial charge in [-0.15, -0.1) is 0 Å². The third kappa shape index (κ3) is 1.27. The molecule has 1 N–H and O–H groups in total. The number of aliphatic hydroxyl groups is 1. The number of ether oxygens (including phenoxy) is 1. The molecule has 0 amide bonds. The summed E-state index contributed by atoms with van der Waals surface area (Å²) in [4.78, 5) is 0. The maximum absolute atomic E-state index is 9.19. The zero-order chi connectivity index (χ0) is 8.66. The van der Waals surface area contributed by atoms with Gasteiger partial charge in [0, 0.05) is 12.0 Å². The quantitative estimate of drug-likeness (QED) is 0.694. The molecule has 2 rings (SSSR count). The molecule has 0 radical (unpaired) electrons. The van der Waals surface area contributed by atoms with Crippen LogP contribution in [-0.4, -0.2) is 24.9 Å². The summed E-state index contributed by atoms with van der Waals surface area (Å²) in [6.45, 7) is 4.46. The maximum atomic E-state index is 9.19. The first-order valence-corrected chi connectivity index (χ1v) is 4.93. The lowest BCUT2D eigenvalue weighted by atomic mass is 9.74. The molecule has 1 heterocycles. The van der Waals surface area contributed by atoms with Crippen molar-refractivity contribution in [3.05, 3.63) is 0 Å². The van der Waals surface area contributed by atoms with Crippen molar-refractivity contribution < 1.29 is 9.84 Å². The van der Waals surface area contributed by atoms with Crippen molar-refractivity contribution in [2.75, 3.05) is 19.8 Å². The summed E-state index contributed by atoms with van der Waals surface area (Å²) in [5.41, 5.74) is 0.735. The number of hydrogen-bond acceptors (Lipinski definition) is 2. The summed E-state index contributed by atoms with van der Waals surface area (Å²) in [7, 11) is 0. The molecule has 70 valence electrons. The molecule has 0 aromatic carbocycles. The molecular weight excluding hydrogens is 152 g/mol. The van der Waals surface area contributed by atoms with Crippen molar-refractivity contribution in [2.24, 2.45) is 10.8 Å². The standard InChI is InChI=1S/C10H18O2/c1-2-9(7-12-8-9)5-10(6-11)3-4-10/h11H,2-8H2,1H3. The molecule has 1 aliphatic carbocycles. The molecule has 1 aliphatic heterocycles. The van der Waals surface area contributed by atoms with Gasteiger partial charge >= 0.3 is 0 Å². The molecule has 0 unspecified atom stereocenters. The molecule has 0 aromatic heterocycles. The summed E-state index contributed by atoms with van der Waals surface area (Å²) in [5, 5.41) is 9.19. The van der Waals surface area contributed by atoms with E-state index in [9.17, 15) is 5.11 Å². The van der Waals surface area contributed by atoms with Gasteiger partial charge in [0.2, 0.25) is 0 Å². The summed E-state index contributed by atoms with van der Waals surface area (Å²) in [5.74, 6) is 0. The Balaban J connectivity index is 1.92. The topological polar surface area (TPSA) is 29.5 Å². The van der Waals surface area contributed by atoms with Crippen LogP contribution >= 0.6 is 0 Å². The van der Waals surface area contributed by atoms with Crippen LogP contribution in [0.4, 0.5) is 0 Å². The summed E-state index contributed by atoms with van der Waals surface area (Å²) in [6, 6.07) is 0. The van der Waals surface area contributed by atoms with Crippen LogP contribution in [0.25, 0.3) is 0 Å². The van der Waals surface area contributed by atoms with Crippen molar-refractivity contribution >= 4 is 0 Å². The summed E-state index contributed by atoms with van der Waals surface area (Å²) >= 11 is 0. The highest BCUT2D eigenvalue weighted by Gasteiger charge is 2.50. The summed E-state index contributed by atoms with van der Waals surface area (Å²) in [6.07, 6.45) is 4.85. The second-order valence-electron chi connectivity index (χ2n) is 4.68. The smallest absolute Gasteiger partial charge is 0.0544 e. The molecule has 0 spiro atoms. The van der Waals surface area contributed by atoms with Crippen LogP contribution in [-0.2, 0) is 4.74 Å². The lowest BCUT2D eigenvalue weighted by Crippen LogP contribution is -2.44. The van der Waals surface area contributed by atoms with Gasteiger partial charge in [0.1, 0.15) is 0 Å². The van der Waals surface area contributed by atoms with Crippen LogP contribution < -0.4 is 0 Å². The minimum absolute atomic E-state index is 0.305. The van der Waals surface area contributed by atoms with Crippen molar-refractivity contribution in [1.29, 1.82) is 0 Å². The third-order valence-electron chi connectivity index (χ3n) is 3.61. The van der Waals surface area contributed by atoms with E-state index >= 15 is 0 Å². The first-order valence-electron chi connectivity index (χ1n) is 4.93. The van der Waals surface area contributed by atoms with Gasteiger partial charge in [0.15, 0.2) is 0 Å². The second kappa shape index (κ2) is 2.71. The van der Waals surface area contributed by atoms with Crippen molar-refractivity contribution in [2.45, 2.75) is 32.6 Å². The second-order valence-corrected chi connectivity index (χ2v) is 4.68. The monoisotopic (exact) mass is 170 g/mol. The van der Waals surface area contributed by atoms with Gasteiger partial charge in [0.05, 0.1) is 13.2 Å². The Morgan fingerprint density at radius 2 is 1.92 bits per heavy atom. The Kier molecular flexibility index (Phi) is 1.92. The highest BCUT2D eigenvalue weighted by Crippen LogP contribution is 2.55. The Morgan fingerprint density at radius 1 is 1.25 bits per heavy atom. The van der Waals surface area contributed by atoms with E-state index < -0.39 is 0 Å². The molecule has 2 aliphatic rings. The number of rotatable bonds is 4. The fourth-order valence-corrected chi connectivity index (χ4v) is 2.18. The molecule has 0 atom stereocenters. The molecule has 2 fully saturated rings. The van der Waals surface area contributed by atoms with E-state index in [0.717, 1.165) is 13.2 Å². The van der Waals surface area contributed by atoms with Crippen LogP contribution in [0.3, 0.4) is 0 Å². The zero-order valence-corrected chi connectivity index (χ0v) is 7.81. The first kappa shape index (κ1) is 8.52. The van der Waals surface area contributed by atoms with Crippen LogP contribution in [0, 0.1) is 10.8 Å². The van der Waals surface area contributed by atoms with E-state index in [-0.39, 0.29) is 0 Å². The van der Waals surface area contributed by atoms with Crippen molar-refractivity contribution in [3.63, 3.8) is 0 Å². The molecule has 2 nitrogen and oxygen atoms in total. The largest absolute Gasteiger partial charge is 0.396 e. The van der Waals surface area contributed by atoms with E-state index in [1.165, 1.54) is 25.7 Å². The average molecular weight is 170 g/mol. The van der Waals surface area contributed by atoms with Crippen molar-refractivity contribution in [3.8, 4) is 0 Å². The maximum Gasteiger partial charge on any atom is 0.0544 e. The van der Waals surface area contributed by atoms with E-state index in [2.05, 4.69) is 6.92 Å². The lowest BCUT2D eigenvalue weighted by molar-refractivity contribution is -0.131. The fourth-order valence-electron chi connectivity index (χ4n) is 2.18. The van der Waals surface area contributed by atoms with Gasteiger partial charge in [-0.25, -0.2) is 0 Å². The highest BCUT2D eigenvalue weighted by atomic mass is 16.5. The SMILES string of the molecule is CCC1(CC2(CO)CC2)COC1. The predicted molar refractivity (Wildman–Crippen MR) is 46.9 cm³/mol. The zero-order valence-electron chi connectivity index (χ0n) is 7.81. The van der Waals surface area contributed by atoms with Gasteiger partial charge in [-0.2, -0.15) is 0 Å². The lowest BCUT2D eigenvalue weighted by Gasteiger charge is -2.43. The Morgan fingerprint density at radius 3 is 2.17 bits per heavy atom. The highest BCUT2D eigenvalue weighted by molar-refractivity contribution is 5.00. The molecule has 1 saturated heterocycles. The van der Waals surface area contributed by atoms with Gasteiger partial charge in [0.25, 0.3) is 0 Å². The minimum Gasteiger partial charge on any atom is -0.396 e. The van der Waals surface area contributed by atoms with Crippen LogP contribution in [0.15, 0.2) is 0 Å². The third-order valence-corrected chi connectivity index (χ3v) is 3.61. The van der Waals surface area contributed by atoms with Crippen molar-refractivity contribution in [1.82, 2.24) is 0 Å².